The fourth-order valence-corrected chi connectivity index (χ4v) is 2.85. The van der Waals surface area contributed by atoms with Gasteiger partial charge in [-0.25, -0.2) is 4.99 Å². The quantitative estimate of drug-likeness (QED) is 0.438. The molecular formula is C19H27N5O3. The molecule has 0 bridgehead atoms. The lowest BCUT2D eigenvalue weighted by molar-refractivity contribution is 0.173. The highest BCUT2D eigenvalue weighted by molar-refractivity contribution is 5.79. The molecular weight excluding hydrogens is 346 g/mol. The number of benzene rings is 1. The molecule has 0 atom stereocenters. The van der Waals surface area contributed by atoms with E-state index < -0.39 is 0 Å². The van der Waals surface area contributed by atoms with E-state index in [0.717, 1.165) is 46.7 Å². The number of aliphatic imine (C=N–C) groups is 1. The third-order valence-corrected chi connectivity index (χ3v) is 4.41. The first-order chi connectivity index (χ1) is 13.1. The van der Waals surface area contributed by atoms with E-state index in [1.54, 1.807) is 0 Å². The van der Waals surface area contributed by atoms with E-state index in [1.165, 1.54) is 0 Å². The molecule has 0 fully saturated rings. The number of hydrogen-bond acceptors (Lipinski definition) is 5. The summed E-state index contributed by atoms with van der Waals surface area (Å²) in [7, 11) is 1.95. The number of hydrogen-bond donors (Lipinski definition) is 2. The summed E-state index contributed by atoms with van der Waals surface area (Å²) in [6.07, 6.45) is 0. The van der Waals surface area contributed by atoms with E-state index in [-0.39, 0.29) is 6.79 Å². The first kappa shape index (κ1) is 18.9. The topological polar surface area (TPSA) is 81.9 Å². The van der Waals surface area contributed by atoms with Gasteiger partial charge in [-0.05, 0) is 32.9 Å². The molecule has 0 aliphatic carbocycles. The van der Waals surface area contributed by atoms with Crippen molar-refractivity contribution in [3.63, 3.8) is 0 Å². The van der Waals surface area contributed by atoms with Gasteiger partial charge in [0.15, 0.2) is 17.5 Å². The summed E-state index contributed by atoms with van der Waals surface area (Å²) in [6.45, 7) is 8.89. The number of nitrogens with one attached hydrogen (secondary N) is 2. The van der Waals surface area contributed by atoms with Gasteiger partial charge in [-0.2, -0.15) is 5.10 Å². The lowest BCUT2D eigenvalue weighted by Crippen LogP contribution is -2.39. The molecule has 27 heavy (non-hydrogen) atoms. The zero-order chi connectivity index (χ0) is 19.2. The third-order valence-electron chi connectivity index (χ3n) is 4.41. The van der Waals surface area contributed by atoms with Crippen molar-refractivity contribution in [2.75, 3.05) is 26.5 Å². The van der Waals surface area contributed by atoms with Gasteiger partial charge >= 0.3 is 0 Å². The van der Waals surface area contributed by atoms with Crippen LogP contribution in [0.25, 0.3) is 0 Å². The van der Waals surface area contributed by atoms with Crippen LogP contribution in [0, 0.1) is 13.8 Å². The molecule has 0 saturated carbocycles. The largest absolute Gasteiger partial charge is 0.492 e. The summed E-state index contributed by atoms with van der Waals surface area (Å²) in [4.78, 5) is 4.66. The molecule has 3 rings (SSSR count). The van der Waals surface area contributed by atoms with Gasteiger partial charge < -0.3 is 24.8 Å². The normalized spacial score (nSPS) is 13.0. The Balaban J connectivity index is 1.50. The second kappa shape index (κ2) is 8.66. The molecule has 0 amide bonds. The van der Waals surface area contributed by atoms with Crippen molar-refractivity contribution in [1.29, 1.82) is 0 Å². The molecule has 2 aromatic rings. The Morgan fingerprint density at radius 2 is 2.07 bits per heavy atom. The van der Waals surface area contributed by atoms with Crippen LogP contribution < -0.4 is 24.8 Å². The summed E-state index contributed by atoms with van der Waals surface area (Å²) < 4.78 is 18.3. The average Bonchev–Trinajstić information content (AvgIpc) is 3.21. The van der Waals surface area contributed by atoms with Gasteiger partial charge in [-0.1, -0.05) is 0 Å². The summed E-state index contributed by atoms with van der Waals surface area (Å²) in [6, 6.07) is 5.57. The smallest absolute Gasteiger partial charge is 0.231 e. The molecule has 8 nitrogen and oxygen atoms in total. The monoisotopic (exact) mass is 373 g/mol. The van der Waals surface area contributed by atoms with E-state index >= 15 is 0 Å². The van der Waals surface area contributed by atoms with Gasteiger partial charge in [-0.15, -0.1) is 0 Å². The molecule has 146 valence electrons. The van der Waals surface area contributed by atoms with Crippen molar-refractivity contribution in [2.45, 2.75) is 27.3 Å². The molecule has 0 saturated heterocycles. The second-order valence-corrected chi connectivity index (χ2v) is 6.26. The Morgan fingerprint density at radius 1 is 1.26 bits per heavy atom. The van der Waals surface area contributed by atoms with Gasteiger partial charge in [-0.3, -0.25) is 4.68 Å². The predicted molar refractivity (Wildman–Crippen MR) is 104 cm³/mol. The Hall–Kier alpha value is -2.90. The Morgan fingerprint density at radius 3 is 2.81 bits per heavy atom. The van der Waals surface area contributed by atoms with Crippen molar-refractivity contribution in [3.8, 4) is 17.2 Å². The van der Waals surface area contributed by atoms with Crippen LogP contribution in [0.3, 0.4) is 0 Å². The highest BCUT2D eigenvalue weighted by Crippen LogP contribution is 2.34. The van der Waals surface area contributed by atoms with E-state index in [2.05, 4.69) is 27.6 Å². The van der Waals surface area contributed by atoms with Gasteiger partial charge in [0.25, 0.3) is 0 Å². The summed E-state index contributed by atoms with van der Waals surface area (Å²) in [5.74, 6) is 2.99. The molecule has 1 aromatic heterocycles. The maximum Gasteiger partial charge on any atom is 0.231 e. The SMILES string of the molecule is CCNC(=NCc1c(C)nn(C)c1C)NCCOc1ccc2c(c1)OCO2. The van der Waals surface area contributed by atoms with E-state index in [1.807, 2.05) is 43.8 Å². The summed E-state index contributed by atoms with van der Waals surface area (Å²) in [5.41, 5.74) is 3.31. The molecule has 2 N–H and O–H groups in total. The zero-order valence-electron chi connectivity index (χ0n) is 16.3. The van der Waals surface area contributed by atoms with Crippen LogP contribution in [0.4, 0.5) is 0 Å². The van der Waals surface area contributed by atoms with Crippen molar-refractivity contribution < 1.29 is 14.2 Å². The predicted octanol–water partition coefficient (Wildman–Crippen LogP) is 1.90. The molecule has 1 aromatic carbocycles. The van der Waals surface area contributed by atoms with Crippen LogP contribution in [0.15, 0.2) is 23.2 Å². The Kier molecular flexibility index (Phi) is 6.05. The molecule has 0 spiro atoms. The average molecular weight is 373 g/mol. The molecule has 0 radical (unpaired) electrons. The van der Waals surface area contributed by atoms with Crippen LogP contribution >= 0.6 is 0 Å². The standard InChI is InChI=1S/C19H27N5O3/c1-5-20-19(22-11-16-13(2)23-24(4)14(16)3)21-8-9-25-15-6-7-17-18(10-15)27-12-26-17/h6-7,10H,5,8-9,11-12H2,1-4H3,(H2,20,21,22). The molecule has 2 heterocycles. The highest BCUT2D eigenvalue weighted by atomic mass is 16.7. The number of rotatable bonds is 7. The number of nitrogens with zero attached hydrogens (tertiary/aromatic N) is 3. The van der Waals surface area contributed by atoms with Gasteiger partial charge in [0.1, 0.15) is 12.4 Å². The zero-order valence-corrected chi connectivity index (χ0v) is 16.3. The van der Waals surface area contributed by atoms with Crippen LogP contribution in [0.2, 0.25) is 0 Å². The van der Waals surface area contributed by atoms with Crippen molar-refractivity contribution in [2.24, 2.45) is 12.0 Å². The van der Waals surface area contributed by atoms with Gasteiger partial charge in [0, 0.05) is 30.9 Å². The number of fused-ring (bicyclic) bond motifs is 1. The maximum atomic E-state index is 5.77. The van der Waals surface area contributed by atoms with E-state index in [4.69, 9.17) is 14.2 Å². The van der Waals surface area contributed by atoms with Crippen LogP contribution in [-0.4, -0.2) is 42.2 Å². The highest BCUT2D eigenvalue weighted by Gasteiger charge is 2.13. The first-order valence-electron chi connectivity index (χ1n) is 9.12. The fraction of sp³-hybridized carbons (Fsp3) is 0.474. The lowest BCUT2D eigenvalue weighted by Gasteiger charge is -2.12. The maximum absolute atomic E-state index is 5.77. The number of aromatic nitrogens is 2. The number of aryl methyl sites for hydroxylation is 2. The van der Waals surface area contributed by atoms with Gasteiger partial charge in [0.05, 0.1) is 18.8 Å². The fourth-order valence-electron chi connectivity index (χ4n) is 2.85. The Bertz CT molecular complexity index is 816. The summed E-state index contributed by atoms with van der Waals surface area (Å²) >= 11 is 0. The van der Waals surface area contributed by atoms with Crippen LogP contribution in [0.5, 0.6) is 17.2 Å². The number of ether oxygens (including phenoxy) is 3. The van der Waals surface area contributed by atoms with Gasteiger partial charge in [0.2, 0.25) is 6.79 Å². The van der Waals surface area contributed by atoms with Crippen LogP contribution in [0.1, 0.15) is 23.9 Å². The molecule has 0 unspecified atom stereocenters. The van der Waals surface area contributed by atoms with Crippen molar-refractivity contribution in [3.05, 3.63) is 35.2 Å². The molecule has 8 heteroatoms. The minimum atomic E-state index is 0.263. The number of guanidine groups is 1. The molecule has 1 aliphatic rings. The minimum absolute atomic E-state index is 0.263. The van der Waals surface area contributed by atoms with Crippen molar-refractivity contribution in [1.82, 2.24) is 20.4 Å². The van der Waals surface area contributed by atoms with E-state index in [9.17, 15) is 0 Å². The van der Waals surface area contributed by atoms with Crippen LogP contribution in [-0.2, 0) is 13.6 Å². The van der Waals surface area contributed by atoms with Crippen molar-refractivity contribution >= 4 is 5.96 Å². The summed E-state index contributed by atoms with van der Waals surface area (Å²) in [5, 5.41) is 11.0. The third kappa shape index (κ3) is 4.64. The Labute approximate surface area is 159 Å². The lowest BCUT2D eigenvalue weighted by atomic mass is 10.2. The minimum Gasteiger partial charge on any atom is -0.492 e. The second-order valence-electron chi connectivity index (χ2n) is 6.26. The first-order valence-corrected chi connectivity index (χ1v) is 9.12. The van der Waals surface area contributed by atoms with E-state index in [0.29, 0.717) is 19.7 Å². The molecule has 1 aliphatic heterocycles.